The second-order valence-electron chi connectivity index (χ2n) is 10.1. The van der Waals surface area contributed by atoms with Gasteiger partial charge in [-0.05, 0) is 31.5 Å². The van der Waals surface area contributed by atoms with Gasteiger partial charge in [0.15, 0.2) is 5.54 Å². The van der Waals surface area contributed by atoms with Crippen LogP contribution in [0.2, 0.25) is 0 Å². The summed E-state index contributed by atoms with van der Waals surface area (Å²) in [6.45, 7) is 4.50. The van der Waals surface area contributed by atoms with Crippen LogP contribution in [-0.2, 0) is 14.4 Å². The van der Waals surface area contributed by atoms with Crippen molar-refractivity contribution >= 4 is 29.5 Å². The summed E-state index contributed by atoms with van der Waals surface area (Å²) < 4.78 is 0. The SMILES string of the molecule is Cc1ccc(C(N2CCNCC2=O)C(C(=O)O)(C(C)NC(=O)c2ccc(C(=N)N)cc2)N2CCNCC2=O)cc1. The van der Waals surface area contributed by atoms with Crippen molar-refractivity contribution in [3.63, 3.8) is 0 Å². The van der Waals surface area contributed by atoms with Crippen molar-refractivity contribution in [2.75, 3.05) is 39.3 Å². The standard InChI is InChI=1S/C28H35N7O5/c1-17-3-5-19(6-4-17)24(34-13-11-31-15-22(34)36)28(27(39)40,35-14-12-32-16-23(35)37)18(2)33-26(38)21-9-7-20(8-10-21)25(29)30/h3-10,18,24,31-32H,11-16H2,1-2H3,(H3,29,30)(H,33,38)(H,39,40). The highest BCUT2D eigenvalue weighted by molar-refractivity contribution is 5.99. The van der Waals surface area contributed by atoms with E-state index >= 15 is 0 Å². The topological polar surface area (TPSA) is 181 Å². The maximum atomic E-state index is 13.6. The third kappa shape index (κ3) is 5.40. The molecular formula is C28H35N7O5. The number of nitrogens with two attached hydrogens (primary N) is 1. The second-order valence-corrected chi connectivity index (χ2v) is 10.1. The van der Waals surface area contributed by atoms with Gasteiger partial charge in [0, 0.05) is 37.3 Å². The van der Waals surface area contributed by atoms with Crippen molar-refractivity contribution in [3.8, 4) is 0 Å². The van der Waals surface area contributed by atoms with E-state index in [0.29, 0.717) is 24.2 Å². The van der Waals surface area contributed by atoms with Crippen LogP contribution in [0.25, 0.3) is 0 Å². The Hall–Kier alpha value is -4.29. The Bertz CT molecular complexity index is 1300. The molecule has 2 aliphatic rings. The Labute approximate surface area is 232 Å². The molecule has 2 aromatic carbocycles. The van der Waals surface area contributed by atoms with E-state index in [1.165, 1.54) is 34.1 Å². The van der Waals surface area contributed by atoms with Crippen molar-refractivity contribution < 1.29 is 24.3 Å². The van der Waals surface area contributed by atoms with E-state index < -0.39 is 35.4 Å². The van der Waals surface area contributed by atoms with Gasteiger partial charge in [0.2, 0.25) is 11.8 Å². The lowest BCUT2D eigenvalue weighted by atomic mass is 9.75. The van der Waals surface area contributed by atoms with Crippen molar-refractivity contribution in [1.29, 1.82) is 5.41 Å². The summed E-state index contributed by atoms with van der Waals surface area (Å²) in [5.74, 6) is -2.79. The van der Waals surface area contributed by atoms with Crippen molar-refractivity contribution in [1.82, 2.24) is 25.8 Å². The predicted octanol–water partition coefficient (Wildman–Crippen LogP) is -0.174. The first kappa shape index (κ1) is 28.7. The van der Waals surface area contributed by atoms with Gasteiger partial charge < -0.3 is 36.6 Å². The normalized spacial score (nSPS) is 18.9. The van der Waals surface area contributed by atoms with Crippen LogP contribution in [0.15, 0.2) is 48.5 Å². The van der Waals surface area contributed by atoms with Crippen LogP contribution in [0.5, 0.6) is 0 Å². The number of carbonyl (C=O) groups excluding carboxylic acids is 3. The van der Waals surface area contributed by atoms with Crippen molar-refractivity contribution in [2.45, 2.75) is 31.5 Å². The van der Waals surface area contributed by atoms with Gasteiger partial charge >= 0.3 is 5.97 Å². The molecule has 2 aliphatic heterocycles. The zero-order chi connectivity index (χ0) is 29.0. The monoisotopic (exact) mass is 549 g/mol. The quantitative estimate of drug-likeness (QED) is 0.184. The van der Waals surface area contributed by atoms with E-state index in [0.717, 1.165) is 5.56 Å². The molecule has 4 rings (SSSR count). The zero-order valence-corrected chi connectivity index (χ0v) is 22.6. The average molecular weight is 550 g/mol. The lowest BCUT2D eigenvalue weighted by Crippen LogP contribution is -2.75. The number of aliphatic carboxylic acids is 1. The molecule has 2 aromatic rings. The number of nitrogen functional groups attached to an aromatic ring is 1. The number of benzene rings is 2. The van der Waals surface area contributed by atoms with Crippen LogP contribution < -0.4 is 21.7 Å². The van der Waals surface area contributed by atoms with E-state index in [1.807, 2.05) is 19.1 Å². The van der Waals surface area contributed by atoms with Gasteiger partial charge in [-0.3, -0.25) is 19.8 Å². The summed E-state index contributed by atoms with van der Waals surface area (Å²) in [6, 6.07) is 11.0. The molecule has 3 atom stereocenters. The molecule has 3 amide bonds. The van der Waals surface area contributed by atoms with Gasteiger partial charge in [-0.25, -0.2) is 4.79 Å². The van der Waals surface area contributed by atoms with Gasteiger partial charge in [-0.2, -0.15) is 0 Å². The minimum atomic E-state index is -2.05. The Balaban J connectivity index is 1.87. The summed E-state index contributed by atoms with van der Waals surface area (Å²) in [4.78, 5) is 56.6. The molecular weight excluding hydrogens is 514 g/mol. The molecule has 2 fully saturated rings. The summed E-state index contributed by atoms with van der Waals surface area (Å²) >= 11 is 0. The van der Waals surface area contributed by atoms with Crippen LogP contribution in [-0.4, -0.2) is 95.3 Å². The molecule has 2 saturated heterocycles. The van der Waals surface area contributed by atoms with Gasteiger partial charge in [0.1, 0.15) is 5.84 Å². The minimum Gasteiger partial charge on any atom is -0.479 e. The third-order valence-electron chi connectivity index (χ3n) is 7.59. The number of rotatable bonds is 9. The van der Waals surface area contributed by atoms with Gasteiger partial charge in [0.05, 0.1) is 25.2 Å². The molecule has 12 nitrogen and oxygen atoms in total. The van der Waals surface area contributed by atoms with E-state index in [4.69, 9.17) is 11.1 Å². The smallest absolute Gasteiger partial charge is 0.334 e. The highest BCUT2D eigenvalue weighted by atomic mass is 16.4. The zero-order valence-electron chi connectivity index (χ0n) is 22.6. The lowest BCUT2D eigenvalue weighted by molar-refractivity contribution is -0.172. The first-order valence-corrected chi connectivity index (χ1v) is 13.1. The van der Waals surface area contributed by atoms with Crippen LogP contribution in [0.3, 0.4) is 0 Å². The number of nitrogens with one attached hydrogen (secondary N) is 4. The summed E-state index contributed by atoms with van der Waals surface area (Å²) in [7, 11) is 0. The number of aryl methyl sites for hydroxylation is 1. The third-order valence-corrected chi connectivity index (χ3v) is 7.59. The van der Waals surface area contributed by atoms with Crippen molar-refractivity contribution in [2.24, 2.45) is 5.73 Å². The van der Waals surface area contributed by atoms with Gasteiger partial charge in [0.25, 0.3) is 5.91 Å². The molecule has 0 aromatic heterocycles. The number of nitrogens with zero attached hydrogens (tertiary/aromatic N) is 2. The number of carbonyl (C=O) groups is 4. The van der Waals surface area contributed by atoms with E-state index in [9.17, 15) is 24.3 Å². The van der Waals surface area contributed by atoms with E-state index in [2.05, 4.69) is 16.0 Å². The lowest BCUT2D eigenvalue weighted by Gasteiger charge is -2.53. The largest absolute Gasteiger partial charge is 0.479 e. The fourth-order valence-electron chi connectivity index (χ4n) is 5.54. The Kier molecular flexibility index (Phi) is 8.50. The fourth-order valence-corrected chi connectivity index (χ4v) is 5.54. The van der Waals surface area contributed by atoms with Crippen molar-refractivity contribution in [3.05, 3.63) is 70.8 Å². The average Bonchev–Trinajstić information content (AvgIpc) is 2.93. The van der Waals surface area contributed by atoms with Crippen LogP contribution in [0.4, 0.5) is 0 Å². The van der Waals surface area contributed by atoms with Gasteiger partial charge in [-0.15, -0.1) is 0 Å². The number of carboxylic acid groups (broad SMARTS) is 1. The number of carboxylic acids is 1. The molecule has 12 heteroatoms. The predicted molar refractivity (Wildman–Crippen MR) is 148 cm³/mol. The Morgan fingerprint density at radius 1 is 0.975 bits per heavy atom. The van der Waals surface area contributed by atoms with Crippen LogP contribution in [0.1, 0.15) is 40.0 Å². The summed E-state index contributed by atoms with van der Waals surface area (Å²) in [6.07, 6.45) is 0. The van der Waals surface area contributed by atoms with Crippen LogP contribution in [0, 0.1) is 12.3 Å². The number of hydrogen-bond donors (Lipinski definition) is 6. The first-order chi connectivity index (χ1) is 19.1. The molecule has 0 saturated carbocycles. The highest BCUT2D eigenvalue weighted by Crippen LogP contribution is 2.41. The maximum Gasteiger partial charge on any atom is 0.334 e. The first-order valence-electron chi connectivity index (χ1n) is 13.1. The summed E-state index contributed by atoms with van der Waals surface area (Å²) in [5.41, 5.74) is 5.64. The summed E-state index contributed by atoms with van der Waals surface area (Å²) in [5, 5.41) is 27.5. The number of hydrogen-bond acceptors (Lipinski definition) is 7. The number of amidine groups is 1. The second kappa shape index (κ2) is 11.8. The Morgan fingerprint density at radius 2 is 1.55 bits per heavy atom. The molecule has 0 bridgehead atoms. The Morgan fingerprint density at radius 3 is 2.10 bits per heavy atom. The number of piperazine rings is 2. The highest BCUT2D eigenvalue weighted by Gasteiger charge is 2.60. The van der Waals surface area contributed by atoms with Gasteiger partial charge in [-0.1, -0.05) is 42.0 Å². The molecule has 3 unspecified atom stereocenters. The molecule has 0 spiro atoms. The molecule has 7 N–H and O–H groups in total. The molecule has 212 valence electrons. The minimum absolute atomic E-state index is 0.0246. The fraction of sp³-hybridized carbons (Fsp3) is 0.393. The van der Waals surface area contributed by atoms with E-state index in [-0.39, 0.29) is 43.5 Å². The maximum absolute atomic E-state index is 13.6. The molecule has 0 radical (unpaired) electrons. The number of amides is 3. The van der Waals surface area contributed by atoms with Crippen LogP contribution >= 0.6 is 0 Å². The molecule has 0 aliphatic carbocycles. The molecule has 40 heavy (non-hydrogen) atoms. The van der Waals surface area contributed by atoms with E-state index in [1.54, 1.807) is 19.1 Å². The molecule has 2 heterocycles.